The zero-order chi connectivity index (χ0) is 14.8. The monoisotopic (exact) mass is 276 g/mol. The van der Waals surface area contributed by atoms with Crippen LogP contribution in [-0.4, -0.2) is 0 Å². The fraction of sp³-hybridized carbons (Fsp3) is 0.316. The van der Waals surface area contributed by atoms with Crippen LogP contribution in [0.4, 0.5) is 0 Å². The van der Waals surface area contributed by atoms with E-state index in [2.05, 4.69) is 43.4 Å². The number of nitriles is 1. The quantitative estimate of drug-likeness (QED) is 0.911. The Balaban J connectivity index is 1.76. The van der Waals surface area contributed by atoms with Gasteiger partial charge >= 0.3 is 0 Å². The molecule has 0 fully saturated rings. The third-order valence-corrected chi connectivity index (χ3v) is 4.37. The van der Waals surface area contributed by atoms with Crippen molar-refractivity contribution in [1.29, 1.82) is 5.26 Å². The molecule has 0 radical (unpaired) electrons. The molecule has 21 heavy (non-hydrogen) atoms. The van der Waals surface area contributed by atoms with E-state index in [0.29, 0.717) is 11.6 Å². The Morgan fingerprint density at radius 2 is 1.95 bits per heavy atom. The first kappa shape index (κ1) is 13.9. The SMILES string of the molecule is Cc1ccc2c(c1)C(NC(C)c1ccc(C#N)cc1)CC2. The largest absolute Gasteiger partial charge is 0.303 e. The molecule has 2 nitrogen and oxygen atoms in total. The van der Waals surface area contributed by atoms with Crippen LogP contribution in [0.3, 0.4) is 0 Å². The lowest BCUT2D eigenvalue weighted by atomic mass is 10.0. The van der Waals surface area contributed by atoms with Crippen molar-refractivity contribution in [2.24, 2.45) is 0 Å². The number of nitrogens with zero attached hydrogens (tertiary/aromatic N) is 1. The standard InChI is InChI=1S/C19H20N2/c1-13-3-6-17-9-10-19(18(17)11-13)21-14(2)16-7-4-15(12-20)5-8-16/h3-8,11,14,19,21H,9-10H2,1-2H3. The number of fused-ring (bicyclic) bond motifs is 1. The predicted octanol–water partition coefficient (Wildman–Crippen LogP) is 4.20. The van der Waals surface area contributed by atoms with Crippen molar-refractivity contribution >= 4 is 0 Å². The first-order valence-electron chi connectivity index (χ1n) is 7.53. The number of nitrogens with one attached hydrogen (secondary N) is 1. The Bertz CT molecular complexity index is 680. The number of aryl methyl sites for hydroxylation is 2. The van der Waals surface area contributed by atoms with Gasteiger partial charge in [-0.2, -0.15) is 5.26 Å². The highest BCUT2D eigenvalue weighted by molar-refractivity contribution is 5.38. The van der Waals surface area contributed by atoms with Gasteiger partial charge in [0.1, 0.15) is 0 Å². The topological polar surface area (TPSA) is 35.8 Å². The molecule has 0 aliphatic heterocycles. The maximum Gasteiger partial charge on any atom is 0.0991 e. The molecule has 0 heterocycles. The molecule has 3 rings (SSSR count). The van der Waals surface area contributed by atoms with E-state index in [1.807, 2.05) is 24.3 Å². The van der Waals surface area contributed by atoms with Gasteiger partial charge in [0.15, 0.2) is 0 Å². The lowest BCUT2D eigenvalue weighted by Crippen LogP contribution is -2.23. The second kappa shape index (κ2) is 5.71. The van der Waals surface area contributed by atoms with Crippen LogP contribution in [0.15, 0.2) is 42.5 Å². The molecule has 0 saturated carbocycles. The normalized spacial score (nSPS) is 18.0. The molecule has 0 spiro atoms. The van der Waals surface area contributed by atoms with Crippen molar-refractivity contribution in [3.63, 3.8) is 0 Å². The molecule has 2 atom stereocenters. The molecule has 2 aromatic rings. The highest BCUT2D eigenvalue weighted by Crippen LogP contribution is 2.33. The van der Waals surface area contributed by atoms with Crippen LogP contribution in [-0.2, 0) is 6.42 Å². The lowest BCUT2D eigenvalue weighted by Gasteiger charge is -2.21. The Morgan fingerprint density at radius 3 is 2.67 bits per heavy atom. The molecule has 0 bridgehead atoms. The molecule has 2 unspecified atom stereocenters. The van der Waals surface area contributed by atoms with Gasteiger partial charge in [0.25, 0.3) is 0 Å². The summed E-state index contributed by atoms with van der Waals surface area (Å²) in [6.07, 6.45) is 2.33. The van der Waals surface area contributed by atoms with E-state index in [1.54, 1.807) is 0 Å². The summed E-state index contributed by atoms with van der Waals surface area (Å²) in [5, 5.41) is 12.6. The first-order chi connectivity index (χ1) is 10.2. The number of hydrogen-bond acceptors (Lipinski definition) is 2. The number of rotatable bonds is 3. The minimum atomic E-state index is 0.286. The maximum absolute atomic E-state index is 8.87. The third-order valence-electron chi connectivity index (χ3n) is 4.37. The van der Waals surface area contributed by atoms with Gasteiger partial charge in [0.05, 0.1) is 11.6 Å². The van der Waals surface area contributed by atoms with Gasteiger partial charge in [-0.25, -0.2) is 0 Å². The van der Waals surface area contributed by atoms with E-state index in [0.717, 1.165) is 6.42 Å². The van der Waals surface area contributed by atoms with Crippen molar-refractivity contribution in [3.05, 3.63) is 70.3 Å². The van der Waals surface area contributed by atoms with Crippen molar-refractivity contribution in [2.45, 2.75) is 38.8 Å². The van der Waals surface area contributed by atoms with Crippen molar-refractivity contribution in [3.8, 4) is 6.07 Å². The van der Waals surface area contributed by atoms with Crippen LogP contribution in [0, 0.1) is 18.3 Å². The van der Waals surface area contributed by atoms with E-state index in [4.69, 9.17) is 5.26 Å². The molecule has 1 N–H and O–H groups in total. The summed E-state index contributed by atoms with van der Waals surface area (Å²) >= 11 is 0. The molecule has 2 aromatic carbocycles. The second-order valence-electron chi connectivity index (χ2n) is 5.92. The number of benzene rings is 2. The van der Waals surface area contributed by atoms with Crippen LogP contribution in [0.5, 0.6) is 0 Å². The van der Waals surface area contributed by atoms with Crippen LogP contribution in [0.25, 0.3) is 0 Å². The van der Waals surface area contributed by atoms with E-state index in [9.17, 15) is 0 Å². The minimum absolute atomic E-state index is 0.286. The van der Waals surface area contributed by atoms with Gasteiger partial charge in [-0.05, 0) is 55.5 Å². The van der Waals surface area contributed by atoms with E-state index in [1.165, 1.54) is 28.7 Å². The Morgan fingerprint density at radius 1 is 1.19 bits per heavy atom. The van der Waals surface area contributed by atoms with Gasteiger partial charge < -0.3 is 5.32 Å². The zero-order valence-corrected chi connectivity index (χ0v) is 12.6. The molecule has 0 saturated heterocycles. The lowest BCUT2D eigenvalue weighted by molar-refractivity contribution is 0.465. The van der Waals surface area contributed by atoms with Gasteiger partial charge in [-0.3, -0.25) is 0 Å². The first-order valence-corrected chi connectivity index (χ1v) is 7.53. The molecule has 2 heteroatoms. The Kier molecular flexibility index (Phi) is 3.77. The second-order valence-corrected chi connectivity index (χ2v) is 5.92. The summed E-state index contributed by atoms with van der Waals surface area (Å²) in [4.78, 5) is 0. The highest BCUT2D eigenvalue weighted by Gasteiger charge is 2.23. The number of hydrogen-bond donors (Lipinski definition) is 1. The molecule has 106 valence electrons. The predicted molar refractivity (Wildman–Crippen MR) is 84.9 cm³/mol. The molecule has 0 aromatic heterocycles. The van der Waals surface area contributed by atoms with Crippen molar-refractivity contribution < 1.29 is 0 Å². The third kappa shape index (κ3) is 2.84. The summed E-state index contributed by atoms with van der Waals surface area (Å²) in [6.45, 7) is 4.34. The van der Waals surface area contributed by atoms with Crippen LogP contribution < -0.4 is 5.32 Å². The average Bonchev–Trinajstić information content (AvgIpc) is 2.89. The maximum atomic E-state index is 8.87. The highest BCUT2D eigenvalue weighted by atomic mass is 14.9. The van der Waals surface area contributed by atoms with Crippen molar-refractivity contribution in [2.75, 3.05) is 0 Å². The fourth-order valence-electron chi connectivity index (χ4n) is 3.14. The van der Waals surface area contributed by atoms with E-state index < -0.39 is 0 Å². The van der Waals surface area contributed by atoms with Crippen molar-refractivity contribution in [1.82, 2.24) is 5.32 Å². The van der Waals surface area contributed by atoms with Crippen LogP contribution >= 0.6 is 0 Å². The van der Waals surface area contributed by atoms with Crippen LogP contribution in [0.1, 0.15) is 53.2 Å². The molecule has 0 amide bonds. The summed E-state index contributed by atoms with van der Waals surface area (Å²) in [5.74, 6) is 0. The summed E-state index contributed by atoms with van der Waals surface area (Å²) in [7, 11) is 0. The minimum Gasteiger partial charge on any atom is -0.303 e. The molecule has 1 aliphatic carbocycles. The van der Waals surface area contributed by atoms with E-state index >= 15 is 0 Å². The van der Waals surface area contributed by atoms with Gasteiger partial charge in [-0.1, -0.05) is 35.9 Å². The van der Waals surface area contributed by atoms with Gasteiger partial charge in [0.2, 0.25) is 0 Å². The fourth-order valence-corrected chi connectivity index (χ4v) is 3.14. The average molecular weight is 276 g/mol. The summed E-state index contributed by atoms with van der Waals surface area (Å²) < 4.78 is 0. The molecule has 1 aliphatic rings. The molecular weight excluding hydrogens is 256 g/mol. The van der Waals surface area contributed by atoms with Gasteiger partial charge in [-0.15, -0.1) is 0 Å². The smallest absolute Gasteiger partial charge is 0.0991 e. The summed E-state index contributed by atoms with van der Waals surface area (Å²) in [6, 6.07) is 17.5. The van der Waals surface area contributed by atoms with Crippen LogP contribution in [0.2, 0.25) is 0 Å². The Labute approximate surface area is 126 Å². The van der Waals surface area contributed by atoms with Gasteiger partial charge in [0, 0.05) is 12.1 Å². The molecular formula is C19H20N2. The Hall–Kier alpha value is -2.11. The van der Waals surface area contributed by atoms with E-state index in [-0.39, 0.29) is 6.04 Å². The summed E-state index contributed by atoms with van der Waals surface area (Å²) in [5.41, 5.74) is 6.21. The zero-order valence-electron chi connectivity index (χ0n) is 12.6.